The van der Waals surface area contributed by atoms with Crippen molar-refractivity contribution in [2.75, 3.05) is 62.3 Å². The SMILES string of the molecule is CC(=O)N(CC(O)CN(C(C)=O)c1c(I)c(C(=O)NCC(O)CO)c(I)c(C(=O)NCC(O)CO)c1I)c1c(I)c(C(N)=O)c(I)c(C(=O)NCC(O)CO)c1I. The van der Waals surface area contributed by atoms with Crippen LogP contribution >= 0.6 is 136 Å². The van der Waals surface area contributed by atoms with Crippen LogP contribution in [0.15, 0.2) is 0 Å². The summed E-state index contributed by atoms with van der Waals surface area (Å²) >= 11 is 10.7. The highest BCUT2D eigenvalue weighted by Crippen LogP contribution is 2.40. The van der Waals surface area contributed by atoms with Gasteiger partial charge in [0.1, 0.15) is 0 Å². The molecule has 0 heterocycles. The van der Waals surface area contributed by atoms with E-state index in [1.54, 1.807) is 136 Å². The van der Waals surface area contributed by atoms with E-state index < -0.39 is 92.8 Å². The molecule has 0 aliphatic rings. The van der Waals surface area contributed by atoms with Gasteiger partial charge in [0.05, 0.1) is 105 Å². The van der Waals surface area contributed by atoms with Gasteiger partial charge < -0.3 is 67.2 Å². The van der Waals surface area contributed by atoms with Gasteiger partial charge in [-0.05, 0) is 136 Å². The fraction of sp³-hybridized carbons (Fsp3) is 0.438. The minimum absolute atomic E-state index is 0.0109. The molecule has 19 nitrogen and oxygen atoms in total. The quantitative estimate of drug-likeness (QED) is 0.0787. The number of nitrogens with one attached hydrogen (secondary N) is 3. The van der Waals surface area contributed by atoms with Crippen molar-refractivity contribution in [3.63, 3.8) is 0 Å². The number of halogens is 6. The van der Waals surface area contributed by atoms with Crippen molar-refractivity contribution < 1.29 is 64.5 Å². The first kappa shape index (κ1) is 52.5. The van der Waals surface area contributed by atoms with Crippen LogP contribution in [0.1, 0.15) is 55.3 Å². The van der Waals surface area contributed by atoms with Gasteiger partial charge >= 0.3 is 0 Å². The van der Waals surface area contributed by atoms with Gasteiger partial charge in [-0.3, -0.25) is 28.8 Å². The Morgan fingerprint density at radius 1 is 0.509 bits per heavy atom. The van der Waals surface area contributed by atoms with Crippen LogP contribution in [0.4, 0.5) is 11.4 Å². The molecule has 4 atom stereocenters. The van der Waals surface area contributed by atoms with Crippen LogP contribution in [0.25, 0.3) is 0 Å². The fourth-order valence-electron chi connectivity index (χ4n) is 4.91. The standard InChI is InChI=1S/C32H38I6N6O13/c1-11(48)43(27-23(35)17(29(39)54)21(33)18(24(27)36)30(55)40-3-13(50)8-45)6-16(53)7-44(12(2)49)28-25(37)19(31(56)41-4-14(51)9-46)22(34)20(26(28)38)32(57)42-5-15(52)10-47/h13-16,45-47,50-53H,3-10H2,1-2H3,(H2,39,54)(H,40,55)(H,41,56)(H,42,57). The maximum atomic E-state index is 13.6. The Morgan fingerprint density at radius 3 is 1.02 bits per heavy atom. The van der Waals surface area contributed by atoms with Crippen molar-refractivity contribution in [3.05, 3.63) is 43.7 Å². The van der Waals surface area contributed by atoms with Crippen molar-refractivity contribution in [3.8, 4) is 0 Å². The van der Waals surface area contributed by atoms with Crippen molar-refractivity contribution in [1.29, 1.82) is 0 Å². The van der Waals surface area contributed by atoms with E-state index in [0.29, 0.717) is 0 Å². The number of aliphatic hydroxyl groups is 7. The lowest BCUT2D eigenvalue weighted by molar-refractivity contribution is -0.117. The van der Waals surface area contributed by atoms with Gasteiger partial charge in [-0.2, -0.15) is 0 Å². The first-order valence-electron chi connectivity index (χ1n) is 16.2. The summed E-state index contributed by atoms with van der Waals surface area (Å²) in [4.78, 5) is 82.1. The average molecular weight is 1480 g/mol. The Morgan fingerprint density at radius 2 is 0.772 bits per heavy atom. The van der Waals surface area contributed by atoms with Crippen molar-refractivity contribution in [2.24, 2.45) is 5.73 Å². The summed E-state index contributed by atoms with van der Waals surface area (Å²) in [5.74, 6) is -4.58. The number of amides is 6. The predicted molar refractivity (Wildman–Crippen MR) is 256 cm³/mol. The molecule has 0 spiro atoms. The zero-order valence-electron chi connectivity index (χ0n) is 29.8. The summed E-state index contributed by atoms with van der Waals surface area (Å²) in [6.07, 6.45) is -5.49. The Hall–Kier alpha value is -0.640. The number of nitrogens with two attached hydrogens (primary N) is 1. The average Bonchev–Trinajstić information content (AvgIpc) is 3.13. The first-order valence-corrected chi connectivity index (χ1v) is 22.7. The van der Waals surface area contributed by atoms with E-state index >= 15 is 0 Å². The zero-order chi connectivity index (χ0) is 43.6. The number of nitrogens with zero attached hydrogens (tertiary/aromatic N) is 2. The lowest BCUT2D eigenvalue weighted by Crippen LogP contribution is -2.45. The molecule has 0 aliphatic carbocycles. The molecule has 0 bridgehead atoms. The van der Waals surface area contributed by atoms with E-state index in [2.05, 4.69) is 16.0 Å². The summed E-state index contributed by atoms with van der Waals surface area (Å²) < 4.78 is 0.869. The number of carbonyl (C=O) groups is 6. The van der Waals surface area contributed by atoms with Gasteiger partial charge in [0.15, 0.2) is 0 Å². The number of hydrogen-bond donors (Lipinski definition) is 11. The van der Waals surface area contributed by atoms with Crippen LogP contribution in [-0.2, 0) is 9.59 Å². The molecule has 0 saturated heterocycles. The number of rotatable bonds is 19. The lowest BCUT2D eigenvalue weighted by atomic mass is 10.1. The molecule has 0 saturated carbocycles. The van der Waals surface area contributed by atoms with Gasteiger partial charge in [0, 0.05) is 40.6 Å². The lowest BCUT2D eigenvalue weighted by Gasteiger charge is -2.32. The number of benzene rings is 2. The third kappa shape index (κ3) is 13.4. The second-order valence-electron chi connectivity index (χ2n) is 12.0. The fourth-order valence-corrected chi connectivity index (χ4v) is 14.4. The van der Waals surface area contributed by atoms with Gasteiger partial charge in [-0.25, -0.2) is 0 Å². The highest BCUT2D eigenvalue weighted by molar-refractivity contribution is 14.1. The van der Waals surface area contributed by atoms with Gasteiger partial charge in [0.25, 0.3) is 23.6 Å². The minimum Gasteiger partial charge on any atom is -0.394 e. The number of hydrogen-bond acceptors (Lipinski definition) is 13. The minimum atomic E-state index is -1.57. The molecule has 4 unspecified atom stereocenters. The molecule has 0 radical (unpaired) electrons. The van der Waals surface area contributed by atoms with Gasteiger partial charge in [-0.15, -0.1) is 0 Å². The molecule has 2 aromatic rings. The summed E-state index contributed by atoms with van der Waals surface area (Å²) in [6.45, 7) is -1.77. The summed E-state index contributed by atoms with van der Waals surface area (Å²) in [7, 11) is 0. The molecule has 57 heavy (non-hydrogen) atoms. The highest BCUT2D eigenvalue weighted by Gasteiger charge is 2.35. The number of primary amides is 1. The largest absolute Gasteiger partial charge is 0.394 e. The van der Waals surface area contributed by atoms with E-state index in [1.807, 2.05) is 0 Å². The molecule has 25 heteroatoms. The Kier molecular flexibility index (Phi) is 22.2. The molecule has 6 amide bonds. The van der Waals surface area contributed by atoms with E-state index in [9.17, 15) is 64.5 Å². The number of carbonyl (C=O) groups excluding carboxylic acids is 6. The molecule has 12 N–H and O–H groups in total. The van der Waals surface area contributed by atoms with Crippen LogP contribution in [0.2, 0.25) is 0 Å². The van der Waals surface area contributed by atoms with Gasteiger partial charge in [-0.1, -0.05) is 0 Å². The third-order valence-corrected chi connectivity index (χ3v) is 14.1. The van der Waals surface area contributed by atoms with Crippen LogP contribution < -0.4 is 31.5 Å². The zero-order valence-corrected chi connectivity index (χ0v) is 42.7. The third-order valence-electron chi connectivity index (χ3n) is 7.73. The number of aliphatic hydroxyl groups excluding tert-OH is 7. The molecule has 0 fully saturated rings. The summed E-state index contributed by atoms with van der Waals surface area (Å²) in [5, 5.41) is 76.3. The normalized spacial score (nSPS) is 13.2. The van der Waals surface area contributed by atoms with Crippen LogP contribution in [0.3, 0.4) is 0 Å². The smallest absolute Gasteiger partial charge is 0.253 e. The van der Waals surface area contributed by atoms with Crippen LogP contribution in [0, 0.1) is 21.4 Å². The molecular weight excluding hydrogens is 1440 g/mol. The van der Waals surface area contributed by atoms with Gasteiger partial charge in [0.2, 0.25) is 11.8 Å². The Balaban J connectivity index is 2.79. The molecule has 0 aliphatic heterocycles. The van der Waals surface area contributed by atoms with E-state index in [4.69, 9.17) is 5.73 Å². The molecule has 316 valence electrons. The summed E-state index contributed by atoms with van der Waals surface area (Å²) in [6, 6.07) is 0. The molecular formula is C32H38I6N6O13. The first-order chi connectivity index (χ1) is 26.6. The highest BCUT2D eigenvalue weighted by atomic mass is 127. The number of anilines is 2. The molecule has 2 rings (SSSR count). The van der Waals surface area contributed by atoms with Crippen molar-refractivity contribution in [1.82, 2.24) is 16.0 Å². The molecule has 0 aromatic heterocycles. The van der Waals surface area contributed by atoms with Crippen LogP contribution in [0.5, 0.6) is 0 Å². The topological polar surface area (TPSA) is 313 Å². The predicted octanol–water partition coefficient (Wildman–Crippen LogP) is -0.571. The molecule has 2 aromatic carbocycles. The Labute approximate surface area is 407 Å². The maximum Gasteiger partial charge on any atom is 0.253 e. The summed E-state index contributed by atoms with van der Waals surface area (Å²) in [5.41, 5.74) is 5.37. The van der Waals surface area contributed by atoms with E-state index in [-0.39, 0.29) is 74.7 Å². The maximum absolute atomic E-state index is 13.6. The Bertz CT molecular complexity index is 1840. The second kappa shape index (κ2) is 24.1. The van der Waals surface area contributed by atoms with Crippen molar-refractivity contribution in [2.45, 2.75) is 38.3 Å². The monoisotopic (exact) mass is 1480 g/mol. The van der Waals surface area contributed by atoms with Crippen LogP contribution in [-0.4, -0.2) is 148 Å². The van der Waals surface area contributed by atoms with Crippen molar-refractivity contribution >= 4 is 182 Å². The van der Waals surface area contributed by atoms with E-state index in [0.717, 1.165) is 16.7 Å². The second-order valence-corrected chi connectivity index (χ2v) is 18.5. The van der Waals surface area contributed by atoms with E-state index in [1.165, 1.54) is 6.92 Å².